The third-order valence-corrected chi connectivity index (χ3v) is 3.93. The summed E-state index contributed by atoms with van der Waals surface area (Å²) in [6.45, 7) is 0. The van der Waals surface area contributed by atoms with Gasteiger partial charge in [-0.25, -0.2) is 8.78 Å². The quantitative estimate of drug-likeness (QED) is 0.645. The first-order valence-corrected chi connectivity index (χ1v) is 6.62. The van der Waals surface area contributed by atoms with Crippen molar-refractivity contribution in [3.8, 4) is 0 Å². The minimum atomic E-state index is -1.07. The van der Waals surface area contributed by atoms with Gasteiger partial charge in [-0.05, 0) is 48.9 Å². The molecule has 20 heavy (non-hydrogen) atoms. The van der Waals surface area contributed by atoms with Crippen molar-refractivity contribution in [3.05, 3.63) is 47.3 Å². The van der Waals surface area contributed by atoms with E-state index in [-0.39, 0.29) is 11.2 Å². The predicted molar refractivity (Wildman–Crippen MR) is 70.0 cm³/mol. The van der Waals surface area contributed by atoms with E-state index in [1.54, 1.807) is 12.1 Å². The first kappa shape index (κ1) is 11.8. The fourth-order valence-electron chi connectivity index (χ4n) is 2.65. The number of hydrogen-bond donors (Lipinski definition) is 0. The van der Waals surface area contributed by atoms with Crippen LogP contribution in [0, 0.1) is 23.4 Å². The Hall–Kier alpha value is -1.97. The molecule has 1 aliphatic carbocycles. The molecule has 0 radical (unpaired) electrons. The summed E-state index contributed by atoms with van der Waals surface area (Å²) >= 11 is 0. The highest BCUT2D eigenvalue weighted by atomic mass is 19.2. The molecule has 0 aliphatic heterocycles. The Morgan fingerprint density at radius 1 is 0.900 bits per heavy atom. The van der Waals surface area contributed by atoms with Gasteiger partial charge < -0.3 is 4.42 Å². The second kappa shape index (κ2) is 4.01. The van der Waals surface area contributed by atoms with Gasteiger partial charge in [-0.3, -0.25) is 0 Å². The summed E-state index contributed by atoms with van der Waals surface area (Å²) in [6.07, 6.45) is 2.92. The van der Waals surface area contributed by atoms with Gasteiger partial charge in [0.2, 0.25) is 5.82 Å². The predicted octanol–water partition coefficient (Wildman–Crippen LogP) is 4.96. The van der Waals surface area contributed by atoms with E-state index in [1.165, 1.54) is 6.07 Å². The van der Waals surface area contributed by atoms with Gasteiger partial charge in [-0.15, -0.1) is 0 Å². The van der Waals surface area contributed by atoms with E-state index in [0.29, 0.717) is 28.7 Å². The maximum Gasteiger partial charge on any atom is 0.201 e. The van der Waals surface area contributed by atoms with Gasteiger partial charge >= 0.3 is 0 Å². The molecule has 1 aliphatic rings. The van der Waals surface area contributed by atoms with Crippen molar-refractivity contribution in [1.29, 1.82) is 0 Å². The molecule has 3 aromatic rings. The van der Waals surface area contributed by atoms with Crippen LogP contribution in [0.4, 0.5) is 13.2 Å². The van der Waals surface area contributed by atoms with E-state index < -0.39 is 17.5 Å². The summed E-state index contributed by atoms with van der Waals surface area (Å²) < 4.78 is 46.6. The fraction of sp³-hybridized carbons (Fsp3) is 0.250. The van der Waals surface area contributed by atoms with Crippen LogP contribution < -0.4 is 0 Å². The lowest BCUT2D eigenvalue weighted by Gasteiger charge is -2.01. The molecule has 1 fully saturated rings. The summed E-state index contributed by atoms with van der Waals surface area (Å²) in [5, 5.41) is 0.881. The summed E-state index contributed by atoms with van der Waals surface area (Å²) in [7, 11) is 0. The molecular formula is C16H11F3O. The second-order valence-corrected chi connectivity index (χ2v) is 5.40. The van der Waals surface area contributed by atoms with E-state index in [2.05, 4.69) is 0 Å². The monoisotopic (exact) mass is 276 g/mol. The minimum absolute atomic E-state index is 0.0163. The van der Waals surface area contributed by atoms with Crippen molar-refractivity contribution in [2.24, 2.45) is 5.92 Å². The zero-order valence-electron chi connectivity index (χ0n) is 10.6. The molecule has 4 rings (SSSR count). The maximum atomic E-state index is 14.4. The summed E-state index contributed by atoms with van der Waals surface area (Å²) in [5.41, 5.74) is 0.380. The average Bonchev–Trinajstić information content (AvgIpc) is 3.16. The van der Waals surface area contributed by atoms with E-state index in [0.717, 1.165) is 18.9 Å². The molecule has 2 aromatic carbocycles. The number of fused-ring (bicyclic) bond motifs is 3. The molecule has 0 atom stereocenters. The van der Waals surface area contributed by atoms with E-state index in [1.807, 2.05) is 0 Å². The minimum Gasteiger partial charge on any atom is -0.450 e. The van der Waals surface area contributed by atoms with Crippen LogP contribution in [-0.2, 0) is 6.42 Å². The van der Waals surface area contributed by atoms with E-state index in [4.69, 9.17) is 4.42 Å². The summed E-state index contributed by atoms with van der Waals surface area (Å²) in [4.78, 5) is 0. The van der Waals surface area contributed by atoms with Crippen molar-refractivity contribution in [2.75, 3.05) is 0 Å². The van der Waals surface area contributed by atoms with Crippen molar-refractivity contribution in [2.45, 2.75) is 19.3 Å². The van der Waals surface area contributed by atoms with Gasteiger partial charge in [-0.1, -0.05) is 6.07 Å². The number of hydrogen-bond acceptors (Lipinski definition) is 1. The highest BCUT2D eigenvalue weighted by molar-refractivity contribution is 6.05. The molecule has 0 bridgehead atoms. The van der Waals surface area contributed by atoms with Crippen molar-refractivity contribution < 1.29 is 17.6 Å². The van der Waals surface area contributed by atoms with Crippen LogP contribution in [-0.4, -0.2) is 0 Å². The molecule has 0 amide bonds. The second-order valence-electron chi connectivity index (χ2n) is 5.40. The molecule has 4 heteroatoms. The van der Waals surface area contributed by atoms with Gasteiger partial charge in [0.25, 0.3) is 0 Å². The molecule has 0 N–H and O–H groups in total. The Morgan fingerprint density at radius 2 is 1.55 bits per heavy atom. The number of halogens is 3. The molecule has 1 aromatic heterocycles. The van der Waals surface area contributed by atoms with Crippen LogP contribution in [0.1, 0.15) is 18.4 Å². The third kappa shape index (κ3) is 1.64. The highest BCUT2D eigenvalue weighted by Crippen LogP contribution is 2.37. The Kier molecular flexibility index (Phi) is 2.37. The standard InChI is InChI=1S/C16H11F3O/c17-12-6-5-11-10-4-3-9(7-8-1-2-8)13(18)15(10)20-16(11)14(12)19/h3-6,8H,1-2,7H2. The van der Waals surface area contributed by atoms with Gasteiger partial charge in [0, 0.05) is 10.8 Å². The maximum absolute atomic E-state index is 14.4. The van der Waals surface area contributed by atoms with Crippen molar-refractivity contribution in [3.63, 3.8) is 0 Å². The van der Waals surface area contributed by atoms with Crippen LogP contribution in [0.2, 0.25) is 0 Å². The normalized spacial score (nSPS) is 15.3. The van der Waals surface area contributed by atoms with E-state index in [9.17, 15) is 13.2 Å². The molecular weight excluding hydrogens is 265 g/mol. The lowest BCUT2D eigenvalue weighted by atomic mass is 10.0. The molecule has 0 saturated heterocycles. The van der Waals surface area contributed by atoms with Gasteiger partial charge in [0.1, 0.15) is 0 Å². The van der Waals surface area contributed by atoms with Crippen LogP contribution in [0.5, 0.6) is 0 Å². The lowest BCUT2D eigenvalue weighted by molar-refractivity contribution is 0.494. The highest BCUT2D eigenvalue weighted by Gasteiger charge is 2.25. The van der Waals surface area contributed by atoms with Crippen LogP contribution >= 0.6 is 0 Å². The molecule has 1 nitrogen and oxygen atoms in total. The zero-order chi connectivity index (χ0) is 13.9. The van der Waals surface area contributed by atoms with Crippen LogP contribution in [0.25, 0.3) is 21.9 Å². The zero-order valence-corrected chi connectivity index (χ0v) is 10.6. The Balaban J connectivity index is 2.00. The molecule has 0 spiro atoms. The van der Waals surface area contributed by atoms with Gasteiger partial charge in [0.05, 0.1) is 0 Å². The Bertz CT molecular complexity index is 831. The van der Waals surface area contributed by atoms with Crippen LogP contribution in [0.3, 0.4) is 0 Å². The van der Waals surface area contributed by atoms with Gasteiger partial charge in [-0.2, -0.15) is 4.39 Å². The third-order valence-electron chi connectivity index (χ3n) is 3.93. The van der Waals surface area contributed by atoms with Gasteiger partial charge in [0.15, 0.2) is 22.8 Å². The lowest BCUT2D eigenvalue weighted by Crippen LogP contribution is -1.92. The number of furan rings is 1. The number of benzene rings is 2. The molecule has 1 saturated carbocycles. The smallest absolute Gasteiger partial charge is 0.201 e. The summed E-state index contributed by atoms with van der Waals surface area (Å²) in [6, 6.07) is 5.88. The van der Waals surface area contributed by atoms with Crippen molar-refractivity contribution in [1.82, 2.24) is 0 Å². The fourth-order valence-corrected chi connectivity index (χ4v) is 2.65. The Labute approximate surface area is 113 Å². The Morgan fingerprint density at radius 3 is 2.25 bits per heavy atom. The first-order valence-electron chi connectivity index (χ1n) is 6.62. The topological polar surface area (TPSA) is 13.1 Å². The summed E-state index contributed by atoms with van der Waals surface area (Å²) in [5.74, 6) is -1.97. The molecule has 102 valence electrons. The van der Waals surface area contributed by atoms with E-state index >= 15 is 0 Å². The first-order chi connectivity index (χ1) is 9.65. The largest absolute Gasteiger partial charge is 0.450 e. The average molecular weight is 276 g/mol. The van der Waals surface area contributed by atoms with Crippen LogP contribution in [0.15, 0.2) is 28.7 Å². The number of rotatable bonds is 2. The molecule has 0 unspecified atom stereocenters. The molecule has 1 heterocycles. The van der Waals surface area contributed by atoms with Crippen molar-refractivity contribution >= 4 is 21.9 Å². The SMILES string of the molecule is Fc1ccc2c(oc3c(F)c(CC4CC4)ccc32)c1F.